The zero-order chi connectivity index (χ0) is 34.9. The first kappa shape index (κ1) is 31.1. The molecule has 4 heteroatoms. The van der Waals surface area contributed by atoms with Crippen LogP contribution in [0, 0.1) is 6.92 Å². The molecule has 0 saturated heterocycles. The van der Waals surface area contributed by atoms with E-state index in [0.717, 1.165) is 77.2 Å². The van der Waals surface area contributed by atoms with Crippen molar-refractivity contribution in [3.63, 3.8) is 0 Å². The number of rotatable bonds is 5. The molecule has 0 spiro atoms. The Morgan fingerprint density at radius 3 is 1.52 bits per heavy atom. The number of aryl methyl sites for hydroxylation is 1. The van der Waals surface area contributed by atoms with Crippen LogP contribution in [-0.2, 0) is 0 Å². The zero-order valence-electron chi connectivity index (χ0n) is 28.6. The van der Waals surface area contributed by atoms with E-state index in [1.54, 1.807) is 0 Å². The minimum absolute atomic E-state index is 0.608. The Hall–Kier alpha value is -6.91. The van der Waals surface area contributed by atoms with Gasteiger partial charge in [-0.25, -0.2) is 15.0 Å². The molecule has 4 nitrogen and oxygen atoms in total. The molecule has 0 aliphatic rings. The molecule has 0 aliphatic carbocycles. The smallest absolute Gasteiger partial charge is 0.164 e. The summed E-state index contributed by atoms with van der Waals surface area (Å²) in [6.45, 7) is 2.11. The van der Waals surface area contributed by atoms with Crippen molar-refractivity contribution < 1.29 is 4.42 Å². The van der Waals surface area contributed by atoms with E-state index in [9.17, 15) is 0 Å². The van der Waals surface area contributed by atoms with Crippen LogP contribution in [0.2, 0.25) is 0 Å². The first-order valence-corrected chi connectivity index (χ1v) is 17.4. The molecule has 2 heterocycles. The molecule has 0 saturated carbocycles. The summed E-state index contributed by atoms with van der Waals surface area (Å²) in [6, 6.07) is 62.7. The zero-order valence-corrected chi connectivity index (χ0v) is 28.6. The highest BCUT2D eigenvalue weighted by atomic mass is 16.3. The maximum Gasteiger partial charge on any atom is 0.164 e. The van der Waals surface area contributed by atoms with Crippen LogP contribution in [0.4, 0.5) is 0 Å². The highest BCUT2D eigenvalue weighted by molar-refractivity contribution is 6.19. The Kier molecular flexibility index (Phi) is 8.03. The van der Waals surface area contributed by atoms with Crippen molar-refractivity contribution in [1.82, 2.24) is 15.0 Å². The molecule has 0 fully saturated rings. The van der Waals surface area contributed by atoms with Gasteiger partial charge in [-0.3, -0.25) is 0 Å². The van der Waals surface area contributed by atoms with Crippen LogP contribution >= 0.6 is 0 Å². The van der Waals surface area contributed by atoms with Crippen LogP contribution in [0.25, 0.3) is 89.1 Å². The van der Waals surface area contributed by atoms with E-state index in [-0.39, 0.29) is 0 Å². The minimum atomic E-state index is 0.608. The van der Waals surface area contributed by atoms with Gasteiger partial charge in [0.25, 0.3) is 0 Å². The number of para-hydroxylation sites is 1. The number of nitrogens with zero attached hydrogens (tertiary/aromatic N) is 3. The van der Waals surface area contributed by atoms with Crippen molar-refractivity contribution in [3.8, 4) is 56.4 Å². The summed E-state index contributed by atoms with van der Waals surface area (Å²) in [7, 11) is 0. The van der Waals surface area contributed by atoms with Crippen molar-refractivity contribution in [2.75, 3.05) is 0 Å². The lowest BCUT2D eigenvalue weighted by atomic mass is 9.93. The van der Waals surface area contributed by atoms with Gasteiger partial charge in [-0.15, -0.1) is 0 Å². The molecule has 7 aromatic carbocycles. The summed E-state index contributed by atoms with van der Waals surface area (Å²) in [4.78, 5) is 15.2. The highest BCUT2D eigenvalue weighted by Crippen LogP contribution is 2.40. The quantitative estimate of drug-likeness (QED) is 0.183. The number of hydrogen-bond donors (Lipinski definition) is 0. The second-order valence-electron chi connectivity index (χ2n) is 12.9. The lowest BCUT2D eigenvalue weighted by molar-refractivity contribution is 0.672. The van der Waals surface area contributed by atoms with Crippen LogP contribution in [0.5, 0.6) is 0 Å². The summed E-state index contributed by atoms with van der Waals surface area (Å²) >= 11 is 0. The molecular weight excluding hydrogens is 635 g/mol. The van der Waals surface area contributed by atoms with Gasteiger partial charge in [0.2, 0.25) is 0 Å². The van der Waals surface area contributed by atoms with Crippen LogP contribution in [-0.4, -0.2) is 15.0 Å². The average molecular weight is 668 g/mol. The van der Waals surface area contributed by atoms with Crippen molar-refractivity contribution in [2.24, 2.45) is 0 Å². The standard InChI is InChI=1S/C48H33N3O/c1-32-16-6-2-3-11-21-37(43(30-32)48-50-46(35-17-7-4-8-18-35)49-47(51-48)36-19-9-5-10-20-36)33-26-28-34(29-27-33)41-31-42-39-23-14-15-25-44(39)52-45(42)40-24-13-12-22-38(40)41/h2-31H,1H3. The van der Waals surface area contributed by atoms with E-state index in [0.29, 0.717) is 17.5 Å². The maximum absolute atomic E-state index is 6.39. The van der Waals surface area contributed by atoms with E-state index in [1.807, 2.05) is 78.9 Å². The molecule has 246 valence electrons. The van der Waals surface area contributed by atoms with E-state index in [4.69, 9.17) is 19.4 Å². The van der Waals surface area contributed by atoms with Gasteiger partial charge in [0.05, 0.1) is 0 Å². The average Bonchev–Trinajstić information content (AvgIpc) is 3.59. The topological polar surface area (TPSA) is 51.8 Å². The summed E-state index contributed by atoms with van der Waals surface area (Å²) in [5.74, 6) is 1.86. The molecule has 0 radical (unpaired) electrons. The predicted molar refractivity (Wildman–Crippen MR) is 214 cm³/mol. The second-order valence-corrected chi connectivity index (χ2v) is 12.9. The van der Waals surface area contributed by atoms with Crippen LogP contribution in [0.1, 0.15) is 5.56 Å². The summed E-state index contributed by atoms with van der Waals surface area (Å²) in [5.41, 5.74) is 10.0. The Morgan fingerprint density at radius 1 is 0.346 bits per heavy atom. The Labute approximate surface area is 302 Å². The van der Waals surface area contributed by atoms with Crippen molar-refractivity contribution >= 4 is 32.7 Å². The number of benzene rings is 6. The molecule has 0 amide bonds. The number of hydrogen-bond acceptors (Lipinski definition) is 4. The third-order valence-electron chi connectivity index (χ3n) is 9.45. The maximum atomic E-state index is 6.39. The Bertz CT molecular complexity index is 2730. The molecule has 0 N–H and O–H groups in total. The van der Waals surface area contributed by atoms with Gasteiger partial charge in [0.1, 0.15) is 11.2 Å². The molecule has 52 heavy (non-hydrogen) atoms. The van der Waals surface area contributed by atoms with E-state index in [1.165, 1.54) is 0 Å². The molecule has 0 unspecified atom stereocenters. The van der Waals surface area contributed by atoms with Gasteiger partial charge in [0.15, 0.2) is 17.5 Å². The third kappa shape index (κ3) is 5.86. The predicted octanol–water partition coefficient (Wildman–Crippen LogP) is 12.7. The Balaban J connectivity index is 1.25. The summed E-state index contributed by atoms with van der Waals surface area (Å²) in [6.07, 6.45) is 0. The monoisotopic (exact) mass is 667 g/mol. The van der Waals surface area contributed by atoms with Crippen LogP contribution in [0.15, 0.2) is 186 Å². The highest BCUT2D eigenvalue weighted by Gasteiger charge is 2.17. The van der Waals surface area contributed by atoms with Gasteiger partial charge < -0.3 is 4.42 Å². The first-order chi connectivity index (χ1) is 25.7. The fourth-order valence-corrected chi connectivity index (χ4v) is 6.91. The minimum Gasteiger partial charge on any atom is -0.455 e. The van der Waals surface area contributed by atoms with Crippen molar-refractivity contribution in [1.29, 1.82) is 0 Å². The van der Waals surface area contributed by atoms with Gasteiger partial charge in [-0.2, -0.15) is 0 Å². The number of furan rings is 1. The van der Waals surface area contributed by atoms with E-state index in [2.05, 4.69) is 110 Å². The molecule has 0 aliphatic heterocycles. The van der Waals surface area contributed by atoms with E-state index < -0.39 is 0 Å². The normalized spacial score (nSPS) is 11.2. The molecule has 9 aromatic rings. The summed E-state index contributed by atoms with van der Waals surface area (Å²) < 4.78 is 6.39. The molecule has 9 rings (SSSR count). The first-order valence-electron chi connectivity index (χ1n) is 17.4. The van der Waals surface area contributed by atoms with Gasteiger partial charge in [-0.05, 0) is 52.8 Å². The van der Waals surface area contributed by atoms with Gasteiger partial charge in [-0.1, -0.05) is 169 Å². The van der Waals surface area contributed by atoms with Crippen molar-refractivity contribution in [2.45, 2.75) is 6.92 Å². The molecule has 0 atom stereocenters. The SMILES string of the molecule is Cc1ccccccc(-c2ccc(-c3cc4c5ccccc5oc4c4ccccc34)cc2)c(-c2nc(-c3ccccc3)nc(-c3ccccc3)n2)c1. The molecule has 2 aromatic heterocycles. The Morgan fingerprint density at radius 2 is 0.846 bits per heavy atom. The summed E-state index contributed by atoms with van der Waals surface area (Å²) in [5, 5.41) is 4.50. The molecular formula is C48H33N3O. The fourth-order valence-electron chi connectivity index (χ4n) is 6.91. The van der Waals surface area contributed by atoms with Crippen LogP contribution < -0.4 is 0 Å². The van der Waals surface area contributed by atoms with Gasteiger partial charge >= 0.3 is 0 Å². The second kappa shape index (κ2) is 13.4. The fraction of sp³-hybridized carbons (Fsp3) is 0.0208. The lowest BCUT2D eigenvalue weighted by Crippen LogP contribution is -2.01. The number of aromatic nitrogens is 3. The molecule has 0 bridgehead atoms. The van der Waals surface area contributed by atoms with E-state index >= 15 is 0 Å². The van der Waals surface area contributed by atoms with Crippen molar-refractivity contribution in [3.05, 3.63) is 188 Å². The van der Waals surface area contributed by atoms with Gasteiger partial charge in [0, 0.05) is 32.8 Å². The lowest BCUT2D eigenvalue weighted by Gasteiger charge is -2.13. The van der Waals surface area contributed by atoms with Crippen LogP contribution in [0.3, 0.4) is 0 Å². The number of fused-ring (bicyclic) bond motifs is 5. The largest absolute Gasteiger partial charge is 0.455 e. The third-order valence-corrected chi connectivity index (χ3v) is 9.45.